The number of amidine groups is 1. The molecular formula is C22H24FN3O3S2. The van der Waals surface area contributed by atoms with Crippen molar-refractivity contribution in [2.45, 2.75) is 32.1 Å². The van der Waals surface area contributed by atoms with Crippen LogP contribution in [0, 0.1) is 26.6 Å². The molecule has 2 aliphatic rings. The molecule has 9 heteroatoms. The Kier molecular flexibility index (Phi) is 5.83. The van der Waals surface area contributed by atoms with Gasteiger partial charge in [0.1, 0.15) is 12.4 Å². The highest BCUT2D eigenvalue weighted by Crippen LogP contribution is 2.37. The fourth-order valence-electron chi connectivity index (χ4n) is 4.06. The predicted octanol–water partition coefficient (Wildman–Crippen LogP) is 3.46. The smallest absolute Gasteiger partial charge is 0.244 e. The van der Waals surface area contributed by atoms with E-state index in [1.54, 1.807) is 17.0 Å². The lowest BCUT2D eigenvalue weighted by molar-refractivity contribution is -0.114. The van der Waals surface area contributed by atoms with Gasteiger partial charge in [-0.15, -0.1) is 0 Å². The van der Waals surface area contributed by atoms with E-state index in [0.717, 1.165) is 22.4 Å². The third-order valence-electron chi connectivity index (χ3n) is 5.42. The van der Waals surface area contributed by atoms with Gasteiger partial charge < -0.3 is 10.2 Å². The summed E-state index contributed by atoms with van der Waals surface area (Å²) in [6.07, 6.45) is 0. The Hall–Kier alpha value is -2.39. The van der Waals surface area contributed by atoms with Crippen molar-refractivity contribution in [1.82, 2.24) is 0 Å². The number of halogens is 1. The second-order valence-corrected chi connectivity index (χ2v) is 11.5. The highest BCUT2D eigenvalue weighted by atomic mass is 32.2. The molecule has 0 aromatic heterocycles. The summed E-state index contributed by atoms with van der Waals surface area (Å²) in [4.78, 5) is 19.3. The molecule has 0 unspecified atom stereocenters. The molecule has 0 bridgehead atoms. The SMILES string of the molecule is Cc1cc(C)c(NC(=O)CN(C2=N[C@H]3CS(=O)(=O)C[C@@H]3S2)c2ccc(F)cc2)c(C)c1. The van der Waals surface area contributed by atoms with Crippen LogP contribution in [0.5, 0.6) is 0 Å². The number of hydrogen-bond acceptors (Lipinski definition) is 6. The highest BCUT2D eigenvalue weighted by molar-refractivity contribution is 8.15. The first kappa shape index (κ1) is 21.8. The quantitative estimate of drug-likeness (QED) is 0.754. The van der Waals surface area contributed by atoms with Crippen LogP contribution in [0.25, 0.3) is 0 Å². The number of nitrogens with zero attached hydrogens (tertiary/aromatic N) is 2. The first-order valence-corrected chi connectivity index (χ1v) is 12.7. The fraction of sp³-hybridized carbons (Fsp3) is 0.364. The first-order chi connectivity index (χ1) is 14.6. The molecular weight excluding hydrogens is 437 g/mol. The van der Waals surface area contributed by atoms with Crippen LogP contribution in [0.15, 0.2) is 41.4 Å². The molecule has 2 aliphatic heterocycles. The maximum absolute atomic E-state index is 13.5. The number of fused-ring (bicyclic) bond motifs is 1. The average molecular weight is 462 g/mol. The van der Waals surface area contributed by atoms with Gasteiger partial charge in [0.15, 0.2) is 15.0 Å². The Bertz CT molecular complexity index is 1140. The Labute approximate surface area is 185 Å². The number of anilines is 2. The molecule has 4 rings (SSSR count). The zero-order chi connectivity index (χ0) is 22.3. The van der Waals surface area contributed by atoms with Crippen LogP contribution in [0.3, 0.4) is 0 Å². The maximum Gasteiger partial charge on any atom is 0.244 e. The lowest BCUT2D eigenvalue weighted by atomic mass is 10.1. The molecule has 1 saturated heterocycles. The fourth-order valence-corrected chi connectivity index (χ4v) is 7.84. The summed E-state index contributed by atoms with van der Waals surface area (Å²) in [7, 11) is -3.08. The molecule has 31 heavy (non-hydrogen) atoms. The van der Waals surface area contributed by atoms with Crippen LogP contribution in [-0.4, -0.2) is 48.8 Å². The summed E-state index contributed by atoms with van der Waals surface area (Å²) in [5.41, 5.74) is 4.48. The maximum atomic E-state index is 13.5. The molecule has 2 atom stereocenters. The van der Waals surface area contributed by atoms with Gasteiger partial charge in [-0.2, -0.15) is 0 Å². The zero-order valence-corrected chi connectivity index (χ0v) is 19.2. The third-order valence-corrected chi connectivity index (χ3v) is 8.67. The Morgan fingerprint density at radius 1 is 1.16 bits per heavy atom. The van der Waals surface area contributed by atoms with Gasteiger partial charge in [-0.3, -0.25) is 9.79 Å². The Morgan fingerprint density at radius 3 is 2.42 bits per heavy atom. The van der Waals surface area contributed by atoms with Gasteiger partial charge in [0.2, 0.25) is 5.91 Å². The monoisotopic (exact) mass is 461 g/mol. The number of sulfone groups is 1. The van der Waals surface area contributed by atoms with E-state index in [9.17, 15) is 17.6 Å². The number of aliphatic imine (C=N–C) groups is 1. The number of carbonyl (C=O) groups is 1. The van der Waals surface area contributed by atoms with Crippen molar-refractivity contribution < 1.29 is 17.6 Å². The number of benzene rings is 2. The van der Waals surface area contributed by atoms with Gasteiger partial charge >= 0.3 is 0 Å². The Morgan fingerprint density at radius 2 is 1.81 bits per heavy atom. The van der Waals surface area contributed by atoms with Crippen molar-refractivity contribution in [2.75, 3.05) is 28.3 Å². The minimum atomic E-state index is -3.08. The number of hydrogen-bond donors (Lipinski definition) is 1. The number of aryl methyl sites for hydroxylation is 3. The van der Waals surface area contributed by atoms with Crippen molar-refractivity contribution in [2.24, 2.45) is 4.99 Å². The molecule has 0 spiro atoms. The third kappa shape index (κ3) is 4.77. The van der Waals surface area contributed by atoms with E-state index in [2.05, 4.69) is 10.3 Å². The van der Waals surface area contributed by atoms with E-state index in [0.29, 0.717) is 10.9 Å². The molecule has 2 heterocycles. The number of thioether (sulfide) groups is 1. The van der Waals surface area contributed by atoms with Crippen LogP contribution in [0.1, 0.15) is 16.7 Å². The van der Waals surface area contributed by atoms with E-state index in [4.69, 9.17) is 0 Å². The number of nitrogens with one attached hydrogen (secondary N) is 1. The van der Waals surface area contributed by atoms with Crippen molar-refractivity contribution in [3.63, 3.8) is 0 Å². The second-order valence-electron chi connectivity index (χ2n) is 8.10. The molecule has 1 amide bonds. The zero-order valence-electron chi connectivity index (χ0n) is 17.6. The number of carbonyl (C=O) groups excluding carboxylic acids is 1. The summed E-state index contributed by atoms with van der Waals surface area (Å²) in [6, 6.07) is 9.58. The minimum absolute atomic E-state index is 0.0174. The van der Waals surface area contributed by atoms with Crippen molar-refractivity contribution in [1.29, 1.82) is 0 Å². The predicted molar refractivity (Wildman–Crippen MR) is 124 cm³/mol. The van der Waals surface area contributed by atoms with Crippen LogP contribution in [-0.2, 0) is 14.6 Å². The normalized spacial score (nSPS) is 21.5. The summed E-state index contributed by atoms with van der Waals surface area (Å²) < 4.78 is 37.3. The lowest BCUT2D eigenvalue weighted by Crippen LogP contribution is -2.37. The van der Waals surface area contributed by atoms with Crippen molar-refractivity contribution >= 4 is 44.0 Å². The van der Waals surface area contributed by atoms with Crippen LogP contribution in [0.2, 0.25) is 0 Å². The summed E-state index contributed by atoms with van der Waals surface area (Å²) >= 11 is 1.37. The van der Waals surface area contributed by atoms with E-state index in [-0.39, 0.29) is 41.1 Å². The molecule has 0 saturated carbocycles. The summed E-state index contributed by atoms with van der Waals surface area (Å²) in [5.74, 6) is -0.490. The largest absolute Gasteiger partial charge is 0.324 e. The highest BCUT2D eigenvalue weighted by Gasteiger charge is 2.44. The number of amides is 1. The summed E-state index contributed by atoms with van der Waals surface area (Å²) in [5, 5.41) is 3.43. The summed E-state index contributed by atoms with van der Waals surface area (Å²) in [6.45, 7) is 5.89. The second kappa shape index (κ2) is 8.27. The standard InChI is InChI=1S/C22H24FN3O3S2/c1-13-8-14(2)21(15(3)9-13)25-20(27)10-26(17-6-4-16(23)5-7-17)22-24-18-11-31(28,29)12-19(18)30-22/h4-9,18-19H,10-12H2,1-3H3,(H,25,27)/t18-,19-/m0/s1. The molecule has 2 aromatic carbocycles. The van der Waals surface area contributed by atoms with Crippen LogP contribution in [0.4, 0.5) is 15.8 Å². The van der Waals surface area contributed by atoms with Crippen molar-refractivity contribution in [3.05, 3.63) is 58.9 Å². The van der Waals surface area contributed by atoms with E-state index in [1.165, 1.54) is 23.9 Å². The van der Waals surface area contributed by atoms with Crippen LogP contribution >= 0.6 is 11.8 Å². The van der Waals surface area contributed by atoms with Gasteiger partial charge in [-0.1, -0.05) is 29.5 Å². The average Bonchev–Trinajstić information content (AvgIpc) is 3.17. The molecule has 2 aromatic rings. The molecule has 6 nitrogen and oxygen atoms in total. The van der Waals surface area contributed by atoms with Gasteiger partial charge in [0.25, 0.3) is 0 Å². The number of rotatable bonds is 4. The Balaban J connectivity index is 1.59. The van der Waals surface area contributed by atoms with E-state index >= 15 is 0 Å². The lowest BCUT2D eigenvalue weighted by Gasteiger charge is -2.24. The van der Waals surface area contributed by atoms with Crippen molar-refractivity contribution in [3.8, 4) is 0 Å². The molecule has 1 fully saturated rings. The van der Waals surface area contributed by atoms with Gasteiger partial charge in [0.05, 0.1) is 17.5 Å². The molecule has 0 aliphatic carbocycles. The molecule has 0 radical (unpaired) electrons. The molecule has 1 N–H and O–H groups in total. The molecule has 164 valence electrons. The van der Waals surface area contributed by atoms with Gasteiger partial charge in [-0.05, 0) is 56.2 Å². The topological polar surface area (TPSA) is 78.8 Å². The van der Waals surface area contributed by atoms with E-state index < -0.39 is 9.84 Å². The first-order valence-electron chi connectivity index (χ1n) is 9.97. The van der Waals surface area contributed by atoms with E-state index in [1.807, 2.05) is 32.9 Å². The minimum Gasteiger partial charge on any atom is -0.324 e. The van der Waals surface area contributed by atoms with Gasteiger partial charge in [0, 0.05) is 16.6 Å². The van der Waals surface area contributed by atoms with Gasteiger partial charge in [-0.25, -0.2) is 12.8 Å². The van der Waals surface area contributed by atoms with Crippen LogP contribution < -0.4 is 10.2 Å².